The summed E-state index contributed by atoms with van der Waals surface area (Å²) in [5, 5.41) is 21.4. The zero-order valence-corrected chi connectivity index (χ0v) is 10.6. The number of phenolic OH excluding ortho intramolecular Hbond substituents is 1. The first-order valence-electron chi connectivity index (χ1n) is 5.92. The molecule has 0 spiro atoms. The molecule has 0 aliphatic carbocycles. The second-order valence-corrected chi connectivity index (χ2v) is 4.30. The van der Waals surface area contributed by atoms with E-state index in [-0.39, 0.29) is 5.75 Å². The van der Waals surface area contributed by atoms with Crippen molar-refractivity contribution in [3.8, 4) is 5.75 Å². The highest BCUT2D eigenvalue weighted by atomic mass is 16.4. The third-order valence-electron chi connectivity index (χ3n) is 2.98. The van der Waals surface area contributed by atoms with Gasteiger partial charge in [0.2, 0.25) is 0 Å². The second-order valence-electron chi connectivity index (χ2n) is 4.30. The molecule has 2 rings (SSSR count). The number of carboxylic acids is 1. The molecule has 2 aromatic rings. The summed E-state index contributed by atoms with van der Waals surface area (Å²) in [6.45, 7) is 2.35. The standard InChI is InChI=1S/C15H15NO3/c1-10-13(15(18)19)3-2-4-14(10)16-9-11-5-7-12(17)8-6-11/h2-8,16-17H,9H2,1H3,(H,18,19). The van der Waals surface area contributed by atoms with E-state index in [1.54, 1.807) is 31.2 Å². The summed E-state index contributed by atoms with van der Waals surface area (Å²) in [6, 6.07) is 12.0. The summed E-state index contributed by atoms with van der Waals surface area (Å²) < 4.78 is 0. The molecule has 2 aromatic carbocycles. The number of rotatable bonds is 4. The highest BCUT2D eigenvalue weighted by molar-refractivity contribution is 5.91. The van der Waals surface area contributed by atoms with Gasteiger partial charge in [0.1, 0.15) is 5.75 Å². The average molecular weight is 257 g/mol. The molecular formula is C15H15NO3. The molecule has 3 N–H and O–H groups in total. The van der Waals surface area contributed by atoms with Gasteiger partial charge < -0.3 is 15.5 Å². The summed E-state index contributed by atoms with van der Waals surface area (Å²) in [5.41, 5.74) is 2.83. The van der Waals surface area contributed by atoms with Gasteiger partial charge in [-0.15, -0.1) is 0 Å². The summed E-state index contributed by atoms with van der Waals surface area (Å²) in [5.74, 6) is -0.696. The first-order valence-corrected chi connectivity index (χ1v) is 5.92. The number of anilines is 1. The molecule has 0 bridgehead atoms. The topological polar surface area (TPSA) is 69.6 Å². The normalized spacial score (nSPS) is 10.2. The molecule has 19 heavy (non-hydrogen) atoms. The van der Waals surface area contributed by atoms with Crippen LogP contribution in [0.3, 0.4) is 0 Å². The van der Waals surface area contributed by atoms with E-state index in [1.807, 2.05) is 18.2 Å². The molecular weight excluding hydrogens is 242 g/mol. The molecule has 0 radical (unpaired) electrons. The van der Waals surface area contributed by atoms with Crippen molar-refractivity contribution >= 4 is 11.7 Å². The third kappa shape index (κ3) is 3.04. The summed E-state index contributed by atoms with van der Waals surface area (Å²) in [4.78, 5) is 11.0. The molecule has 0 saturated carbocycles. The molecule has 0 amide bonds. The Morgan fingerprint density at radius 3 is 2.47 bits per heavy atom. The SMILES string of the molecule is Cc1c(NCc2ccc(O)cc2)cccc1C(=O)O. The van der Waals surface area contributed by atoms with E-state index in [0.717, 1.165) is 11.3 Å². The van der Waals surface area contributed by atoms with Crippen LogP contribution in [0.5, 0.6) is 5.75 Å². The molecule has 0 saturated heterocycles. The fraction of sp³-hybridized carbons (Fsp3) is 0.133. The third-order valence-corrected chi connectivity index (χ3v) is 2.98. The molecule has 0 aliphatic rings. The quantitative estimate of drug-likeness (QED) is 0.787. The van der Waals surface area contributed by atoms with Crippen molar-refractivity contribution in [2.45, 2.75) is 13.5 Å². The highest BCUT2D eigenvalue weighted by Crippen LogP contribution is 2.20. The Hall–Kier alpha value is -2.49. The van der Waals surface area contributed by atoms with Crippen LogP contribution < -0.4 is 5.32 Å². The van der Waals surface area contributed by atoms with Crippen molar-refractivity contribution in [2.75, 3.05) is 5.32 Å². The summed E-state index contributed by atoms with van der Waals surface area (Å²) in [6.07, 6.45) is 0. The van der Waals surface area contributed by atoms with E-state index in [4.69, 9.17) is 5.11 Å². The molecule has 0 aliphatic heterocycles. The van der Waals surface area contributed by atoms with Gasteiger partial charge in [-0.3, -0.25) is 0 Å². The van der Waals surface area contributed by atoms with Crippen LogP contribution in [0.15, 0.2) is 42.5 Å². The van der Waals surface area contributed by atoms with E-state index in [9.17, 15) is 9.90 Å². The van der Waals surface area contributed by atoms with Crippen molar-refractivity contribution in [1.29, 1.82) is 0 Å². The van der Waals surface area contributed by atoms with Crippen LogP contribution in [0.1, 0.15) is 21.5 Å². The van der Waals surface area contributed by atoms with Gasteiger partial charge in [0.05, 0.1) is 5.56 Å². The Morgan fingerprint density at radius 2 is 1.84 bits per heavy atom. The van der Waals surface area contributed by atoms with Crippen LogP contribution in [0.2, 0.25) is 0 Å². The van der Waals surface area contributed by atoms with E-state index < -0.39 is 5.97 Å². The number of hydrogen-bond acceptors (Lipinski definition) is 3. The summed E-state index contributed by atoms with van der Waals surface area (Å²) >= 11 is 0. The molecule has 4 heteroatoms. The van der Waals surface area contributed by atoms with Crippen molar-refractivity contribution in [3.05, 3.63) is 59.2 Å². The van der Waals surface area contributed by atoms with Crippen LogP contribution in [-0.2, 0) is 6.54 Å². The monoisotopic (exact) mass is 257 g/mol. The van der Waals surface area contributed by atoms with Gasteiger partial charge in [-0.05, 0) is 42.3 Å². The number of phenols is 1. The lowest BCUT2D eigenvalue weighted by atomic mass is 10.1. The number of carbonyl (C=O) groups is 1. The Balaban J connectivity index is 2.13. The van der Waals surface area contributed by atoms with Gasteiger partial charge in [-0.25, -0.2) is 4.79 Å². The maximum atomic E-state index is 11.0. The second kappa shape index (κ2) is 5.44. The number of aromatic carboxylic acids is 1. The van der Waals surface area contributed by atoms with Gasteiger partial charge in [0, 0.05) is 12.2 Å². The van der Waals surface area contributed by atoms with E-state index in [1.165, 1.54) is 0 Å². The van der Waals surface area contributed by atoms with Gasteiger partial charge >= 0.3 is 5.97 Å². The molecule has 0 fully saturated rings. The number of carboxylic acid groups (broad SMARTS) is 1. The minimum Gasteiger partial charge on any atom is -0.508 e. The first-order chi connectivity index (χ1) is 9.08. The fourth-order valence-electron chi connectivity index (χ4n) is 1.87. The Bertz CT molecular complexity index is 591. The van der Waals surface area contributed by atoms with E-state index >= 15 is 0 Å². The maximum Gasteiger partial charge on any atom is 0.336 e. The minimum atomic E-state index is -0.925. The molecule has 0 aromatic heterocycles. The Morgan fingerprint density at radius 1 is 1.16 bits per heavy atom. The highest BCUT2D eigenvalue weighted by Gasteiger charge is 2.09. The van der Waals surface area contributed by atoms with Crippen molar-refractivity contribution < 1.29 is 15.0 Å². The zero-order valence-electron chi connectivity index (χ0n) is 10.6. The van der Waals surface area contributed by atoms with Crippen LogP contribution in [0.4, 0.5) is 5.69 Å². The van der Waals surface area contributed by atoms with E-state index in [0.29, 0.717) is 17.7 Å². The lowest BCUT2D eigenvalue weighted by Crippen LogP contribution is -2.05. The number of nitrogens with one attached hydrogen (secondary N) is 1. The average Bonchev–Trinajstić information content (AvgIpc) is 2.39. The first kappa shape index (κ1) is 13.0. The fourth-order valence-corrected chi connectivity index (χ4v) is 1.87. The molecule has 98 valence electrons. The van der Waals surface area contributed by atoms with Crippen LogP contribution in [0, 0.1) is 6.92 Å². The van der Waals surface area contributed by atoms with Crippen LogP contribution >= 0.6 is 0 Å². The summed E-state index contributed by atoms with van der Waals surface area (Å²) in [7, 11) is 0. The van der Waals surface area contributed by atoms with Crippen molar-refractivity contribution in [3.63, 3.8) is 0 Å². The molecule has 0 atom stereocenters. The lowest BCUT2D eigenvalue weighted by Gasteiger charge is -2.11. The predicted octanol–water partition coefficient (Wildman–Crippen LogP) is 3.01. The Labute approximate surface area is 111 Å². The van der Waals surface area contributed by atoms with E-state index in [2.05, 4.69) is 5.32 Å². The number of benzene rings is 2. The molecule has 0 unspecified atom stereocenters. The number of hydrogen-bond donors (Lipinski definition) is 3. The largest absolute Gasteiger partial charge is 0.508 e. The van der Waals surface area contributed by atoms with Gasteiger partial charge in [0.15, 0.2) is 0 Å². The molecule has 0 heterocycles. The number of aromatic hydroxyl groups is 1. The van der Waals surface area contributed by atoms with Gasteiger partial charge in [0.25, 0.3) is 0 Å². The molecule has 4 nitrogen and oxygen atoms in total. The predicted molar refractivity (Wildman–Crippen MR) is 73.6 cm³/mol. The maximum absolute atomic E-state index is 11.0. The van der Waals surface area contributed by atoms with Crippen molar-refractivity contribution in [2.24, 2.45) is 0 Å². The van der Waals surface area contributed by atoms with Crippen LogP contribution in [0.25, 0.3) is 0 Å². The van der Waals surface area contributed by atoms with Gasteiger partial charge in [-0.2, -0.15) is 0 Å². The van der Waals surface area contributed by atoms with Gasteiger partial charge in [-0.1, -0.05) is 18.2 Å². The minimum absolute atomic E-state index is 0.229. The lowest BCUT2D eigenvalue weighted by molar-refractivity contribution is 0.0696. The zero-order chi connectivity index (χ0) is 13.8. The smallest absolute Gasteiger partial charge is 0.336 e. The van der Waals surface area contributed by atoms with Crippen molar-refractivity contribution in [1.82, 2.24) is 0 Å². The Kier molecular flexibility index (Phi) is 3.71. The van der Waals surface area contributed by atoms with Crippen LogP contribution in [-0.4, -0.2) is 16.2 Å².